The van der Waals surface area contributed by atoms with Crippen LogP contribution in [0.1, 0.15) is 66.2 Å². The SMILES string of the molecule is CC1=C[C@H](O/C=C2\C(=O)O[C@]34CCC5C(C)(C)CCC[C@]5(C)[C@@]23C4)OC1=O. The number of carbonyl (C=O) groups excluding carboxylic acids is 2. The predicted molar refractivity (Wildman–Crippen MR) is 97.1 cm³/mol. The van der Waals surface area contributed by atoms with E-state index in [-0.39, 0.29) is 33.8 Å². The molecule has 0 N–H and O–H groups in total. The first kappa shape index (κ1) is 17.3. The molecule has 146 valence electrons. The van der Waals surface area contributed by atoms with E-state index in [1.807, 2.05) is 0 Å². The Bertz CT molecular complexity index is 808. The molecule has 5 atom stereocenters. The van der Waals surface area contributed by atoms with Gasteiger partial charge < -0.3 is 14.2 Å². The molecule has 0 aromatic carbocycles. The van der Waals surface area contributed by atoms with E-state index in [9.17, 15) is 9.59 Å². The topological polar surface area (TPSA) is 61.8 Å². The van der Waals surface area contributed by atoms with Crippen LogP contribution in [0.15, 0.2) is 23.5 Å². The monoisotopic (exact) mass is 372 g/mol. The third-order valence-electron chi connectivity index (χ3n) is 8.46. The van der Waals surface area contributed by atoms with E-state index in [0.717, 1.165) is 25.7 Å². The molecule has 0 aromatic rings. The fourth-order valence-corrected chi connectivity index (χ4v) is 7.21. The zero-order valence-corrected chi connectivity index (χ0v) is 16.6. The number of fused-ring (bicyclic) bond motifs is 1. The molecule has 0 bridgehead atoms. The molecule has 0 spiro atoms. The number of ether oxygens (including phenoxy) is 3. The summed E-state index contributed by atoms with van der Waals surface area (Å²) in [5.74, 6) is -0.0553. The second-order valence-electron chi connectivity index (χ2n) is 10.1. The summed E-state index contributed by atoms with van der Waals surface area (Å²) in [7, 11) is 0. The lowest BCUT2D eigenvalue weighted by atomic mass is 9.46. The number of esters is 2. The minimum atomic E-state index is -0.752. The smallest absolute Gasteiger partial charge is 0.338 e. The number of cyclic esters (lactones) is 1. The maximum absolute atomic E-state index is 12.8. The molecule has 27 heavy (non-hydrogen) atoms. The van der Waals surface area contributed by atoms with Crippen molar-refractivity contribution in [3.05, 3.63) is 23.5 Å². The molecule has 5 heteroatoms. The lowest BCUT2D eigenvalue weighted by molar-refractivity contribution is -0.152. The summed E-state index contributed by atoms with van der Waals surface area (Å²) in [5, 5.41) is 0. The quantitative estimate of drug-likeness (QED) is 0.416. The maximum Gasteiger partial charge on any atom is 0.338 e. The summed E-state index contributed by atoms with van der Waals surface area (Å²) in [6.07, 6.45) is 8.94. The molecule has 5 nitrogen and oxygen atoms in total. The van der Waals surface area contributed by atoms with Gasteiger partial charge in [0.15, 0.2) is 0 Å². The van der Waals surface area contributed by atoms with Gasteiger partial charge in [-0.1, -0.05) is 27.2 Å². The van der Waals surface area contributed by atoms with Crippen LogP contribution in [-0.2, 0) is 23.8 Å². The van der Waals surface area contributed by atoms with Crippen LogP contribution in [-0.4, -0.2) is 23.8 Å². The summed E-state index contributed by atoms with van der Waals surface area (Å²) in [6, 6.07) is 0. The van der Waals surface area contributed by atoms with Crippen LogP contribution in [0.2, 0.25) is 0 Å². The molecule has 3 aliphatic carbocycles. The van der Waals surface area contributed by atoms with Crippen molar-refractivity contribution < 1.29 is 23.8 Å². The highest BCUT2D eigenvalue weighted by molar-refractivity contribution is 5.96. The Morgan fingerprint density at radius 1 is 1.15 bits per heavy atom. The molecule has 0 radical (unpaired) electrons. The minimum Gasteiger partial charge on any atom is -0.458 e. The van der Waals surface area contributed by atoms with Crippen molar-refractivity contribution in [2.75, 3.05) is 0 Å². The summed E-state index contributed by atoms with van der Waals surface area (Å²) in [5.41, 5.74) is 0.905. The van der Waals surface area contributed by atoms with Crippen LogP contribution < -0.4 is 0 Å². The molecule has 3 saturated carbocycles. The van der Waals surface area contributed by atoms with Crippen molar-refractivity contribution >= 4 is 11.9 Å². The van der Waals surface area contributed by atoms with E-state index in [4.69, 9.17) is 14.2 Å². The molecule has 2 aliphatic heterocycles. The molecule has 2 heterocycles. The molecule has 1 unspecified atom stereocenters. The van der Waals surface area contributed by atoms with Gasteiger partial charge in [0.25, 0.3) is 6.29 Å². The van der Waals surface area contributed by atoms with Gasteiger partial charge in [-0.05, 0) is 49.4 Å². The Hall–Kier alpha value is -1.78. The summed E-state index contributed by atoms with van der Waals surface area (Å²) in [4.78, 5) is 24.4. The fraction of sp³-hybridized carbons (Fsp3) is 0.727. The summed E-state index contributed by atoms with van der Waals surface area (Å²) >= 11 is 0. The molecular weight excluding hydrogens is 344 g/mol. The van der Waals surface area contributed by atoms with E-state index in [1.54, 1.807) is 19.3 Å². The van der Waals surface area contributed by atoms with Crippen molar-refractivity contribution in [3.8, 4) is 0 Å². The van der Waals surface area contributed by atoms with Gasteiger partial charge >= 0.3 is 11.9 Å². The first-order valence-electron chi connectivity index (χ1n) is 10.1. The zero-order chi connectivity index (χ0) is 19.2. The molecule has 4 fully saturated rings. The predicted octanol–water partition coefficient (Wildman–Crippen LogP) is 4.03. The van der Waals surface area contributed by atoms with E-state index in [0.29, 0.717) is 17.1 Å². The van der Waals surface area contributed by atoms with Gasteiger partial charge in [0, 0.05) is 18.1 Å². The Kier molecular flexibility index (Phi) is 3.19. The van der Waals surface area contributed by atoms with Gasteiger partial charge in [-0.3, -0.25) is 0 Å². The average Bonchev–Trinajstić information content (AvgIpc) is 3.03. The van der Waals surface area contributed by atoms with Crippen LogP contribution in [0.25, 0.3) is 0 Å². The second-order valence-corrected chi connectivity index (χ2v) is 10.1. The third kappa shape index (κ3) is 1.95. The van der Waals surface area contributed by atoms with Gasteiger partial charge in [-0.15, -0.1) is 0 Å². The molecule has 5 aliphatic rings. The number of rotatable bonds is 2. The molecule has 0 aromatic heterocycles. The Morgan fingerprint density at radius 2 is 1.93 bits per heavy atom. The third-order valence-corrected chi connectivity index (χ3v) is 8.46. The average molecular weight is 372 g/mol. The lowest BCUT2D eigenvalue weighted by Gasteiger charge is -2.57. The van der Waals surface area contributed by atoms with E-state index >= 15 is 0 Å². The fourth-order valence-electron chi connectivity index (χ4n) is 7.21. The largest absolute Gasteiger partial charge is 0.458 e. The molecule has 1 saturated heterocycles. The highest BCUT2D eigenvalue weighted by atomic mass is 16.7. The highest BCUT2D eigenvalue weighted by Crippen LogP contribution is 2.84. The molecule has 5 rings (SSSR count). The van der Waals surface area contributed by atoms with Gasteiger partial charge in [0.05, 0.1) is 17.3 Å². The van der Waals surface area contributed by atoms with Crippen LogP contribution in [0, 0.1) is 22.2 Å². The van der Waals surface area contributed by atoms with Gasteiger partial charge in [0.1, 0.15) is 5.60 Å². The molecular formula is C22H28O5. The van der Waals surface area contributed by atoms with Crippen LogP contribution in [0.4, 0.5) is 0 Å². The van der Waals surface area contributed by atoms with Crippen molar-refractivity contribution in [2.45, 2.75) is 78.1 Å². The highest BCUT2D eigenvalue weighted by Gasteiger charge is 2.86. The summed E-state index contributed by atoms with van der Waals surface area (Å²) in [6.45, 7) is 8.83. The van der Waals surface area contributed by atoms with Crippen molar-refractivity contribution in [1.29, 1.82) is 0 Å². The van der Waals surface area contributed by atoms with Crippen molar-refractivity contribution in [1.82, 2.24) is 0 Å². The second kappa shape index (κ2) is 4.98. The first-order valence-corrected chi connectivity index (χ1v) is 10.1. The van der Waals surface area contributed by atoms with E-state index in [1.165, 1.54) is 12.8 Å². The van der Waals surface area contributed by atoms with Crippen LogP contribution in [0.5, 0.6) is 0 Å². The lowest BCUT2D eigenvalue weighted by Crippen LogP contribution is -2.52. The summed E-state index contributed by atoms with van der Waals surface area (Å²) < 4.78 is 16.9. The number of carbonyl (C=O) groups is 2. The van der Waals surface area contributed by atoms with Gasteiger partial charge in [0.2, 0.25) is 0 Å². The normalized spacial score (nSPS) is 48.1. The van der Waals surface area contributed by atoms with E-state index < -0.39 is 6.29 Å². The Labute approximate surface area is 160 Å². The Balaban J connectivity index is 1.52. The zero-order valence-electron chi connectivity index (χ0n) is 16.6. The van der Waals surface area contributed by atoms with E-state index in [2.05, 4.69) is 20.8 Å². The van der Waals surface area contributed by atoms with Gasteiger partial charge in [-0.25, -0.2) is 9.59 Å². The molecule has 0 amide bonds. The number of hydrogen-bond acceptors (Lipinski definition) is 5. The Morgan fingerprint density at radius 3 is 2.63 bits per heavy atom. The van der Waals surface area contributed by atoms with Crippen LogP contribution >= 0.6 is 0 Å². The maximum atomic E-state index is 12.8. The number of hydrogen-bond donors (Lipinski definition) is 0. The minimum absolute atomic E-state index is 0.0342. The van der Waals surface area contributed by atoms with Crippen molar-refractivity contribution in [3.63, 3.8) is 0 Å². The first-order chi connectivity index (χ1) is 12.7. The standard InChI is InChI=1S/C22H28O5/c1-13-10-16(26-17(13)23)25-11-14-18(24)27-21-9-6-15-19(2,3)7-5-8-20(15,4)22(14,21)12-21/h10-11,15-16H,5-9,12H2,1-4H3/b14-11+/t15?,16-,20+,21+,22-/m1/s1. The van der Waals surface area contributed by atoms with Gasteiger partial charge in [-0.2, -0.15) is 0 Å². The van der Waals surface area contributed by atoms with Crippen molar-refractivity contribution in [2.24, 2.45) is 22.2 Å². The van der Waals surface area contributed by atoms with Crippen LogP contribution in [0.3, 0.4) is 0 Å².